The van der Waals surface area contributed by atoms with Crippen molar-refractivity contribution >= 4 is 70.4 Å². The fourth-order valence-electron chi connectivity index (χ4n) is 19.0. The zero-order valence-electron chi connectivity index (χ0n) is 72.8. The van der Waals surface area contributed by atoms with Crippen molar-refractivity contribution in [3.05, 3.63) is 378 Å². The van der Waals surface area contributed by atoms with E-state index in [1.807, 2.05) is 121 Å². The van der Waals surface area contributed by atoms with Crippen LogP contribution >= 0.6 is 0 Å². The Morgan fingerprint density at radius 2 is 0.524 bits per heavy atom. The topological polar surface area (TPSA) is 224 Å². The van der Waals surface area contributed by atoms with Gasteiger partial charge in [0.25, 0.3) is 59.1 Å². The van der Waals surface area contributed by atoms with Crippen molar-refractivity contribution in [2.24, 2.45) is 0 Å². The van der Waals surface area contributed by atoms with Gasteiger partial charge in [-0.15, -0.1) is 0 Å². The molecule has 126 heavy (non-hydrogen) atoms. The van der Waals surface area contributed by atoms with Crippen LogP contribution in [0.4, 0.5) is 11.4 Å². The molecule has 0 saturated heterocycles. The number of nitrogens with zero attached hydrogens (tertiary/aromatic N) is 5. The Morgan fingerprint density at radius 3 is 0.841 bits per heavy atom. The van der Waals surface area contributed by atoms with E-state index < -0.39 is 0 Å². The van der Waals surface area contributed by atoms with Crippen LogP contribution in [0.2, 0.25) is 0 Å². The molecule has 19 heteroatoms. The molecule has 10 amide bonds. The van der Waals surface area contributed by atoms with Crippen LogP contribution in [-0.2, 0) is 42.1 Å². The zero-order chi connectivity index (χ0) is 89.3. The molecule has 12 aromatic rings. The van der Waals surface area contributed by atoms with Gasteiger partial charge in [-0.25, -0.2) is 9.80 Å². The monoisotopic (exact) mass is 1670 g/mol. The van der Waals surface area contributed by atoms with Gasteiger partial charge in [-0.3, -0.25) is 62.6 Å². The van der Waals surface area contributed by atoms with Gasteiger partial charge in [-0.2, -0.15) is 0 Å². The molecule has 19 rings (SSSR count). The van der Waals surface area contributed by atoms with Gasteiger partial charge in [-0.05, 0) is 239 Å². The first-order valence-corrected chi connectivity index (χ1v) is 41.9. The predicted octanol–water partition coefficient (Wildman–Crippen LogP) is 21.4. The fraction of sp³-hybridized carbons (Fsp3) is 0.215. The molecule has 630 valence electrons. The molecule has 5 aliphatic heterocycles. The minimum Gasteiger partial charge on any atom is -0.457 e. The molecule has 0 radical (unpaired) electrons. The second-order valence-corrected chi connectivity index (χ2v) is 36.4. The van der Waals surface area contributed by atoms with Crippen molar-refractivity contribution in [2.45, 2.75) is 128 Å². The van der Waals surface area contributed by atoms with Gasteiger partial charge in [-0.1, -0.05) is 190 Å². The van der Waals surface area contributed by atoms with Crippen molar-refractivity contribution in [3.8, 4) is 46.0 Å². The number of aryl methyl sites for hydroxylation is 2. The third-order valence-electron chi connectivity index (χ3n) is 26.2. The van der Waals surface area contributed by atoms with E-state index in [0.717, 1.165) is 60.9 Å². The first kappa shape index (κ1) is 83.5. The Morgan fingerprint density at radius 1 is 0.262 bits per heavy atom. The lowest BCUT2D eigenvalue weighted by atomic mass is 9.75. The minimum atomic E-state index is -0.377. The highest BCUT2D eigenvalue weighted by molar-refractivity contribution is 6.35. The number of carbonyl (C=O) groups is 10. The van der Waals surface area contributed by atoms with Crippen LogP contribution in [0.3, 0.4) is 0 Å². The average molecular weight is 1670 g/mol. The molecule has 0 N–H and O–H groups in total. The third-order valence-corrected chi connectivity index (χ3v) is 26.2. The molecule has 2 atom stereocenters. The lowest BCUT2D eigenvalue weighted by molar-refractivity contribution is -0.135. The van der Waals surface area contributed by atoms with E-state index in [0.29, 0.717) is 102 Å². The molecule has 0 fully saturated rings. The van der Waals surface area contributed by atoms with Crippen LogP contribution in [0.5, 0.6) is 46.0 Å². The summed E-state index contributed by atoms with van der Waals surface area (Å²) in [5.74, 6) is 1.02. The number of rotatable bonds is 16. The minimum absolute atomic E-state index is 0.0273. The van der Waals surface area contributed by atoms with Crippen LogP contribution in [0.15, 0.2) is 267 Å². The maximum atomic E-state index is 13.8. The number of imide groups is 5. The number of amides is 10. The Labute approximate surface area is 731 Å². The highest BCUT2D eigenvalue weighted by Gasteiger charge is 2.49. The van der Waals surface area contributed by atoms with Crippen molar-refractivity contribution in [1.29, 1.82) is 0 Å². The first-order valence-electron chi connectivity index (χ1n) is 41.9. The molecule has 19 nitrogen and oxygen atoms in total. The molecule has 0 bridgehead atoms. The molecular weight excluding hydrogens is 1580 g/mol. The summed E-state index contributed by atoms with van der Waals surface area (Å²) in [4.78, 5) is 131. The van der Waals surface area contributed by atoms with Crippen LogP contribution < -0.4 is 28.7 Å². The molecule has 5 heterocycles. The van der Waals surface area contributed by atoms with Gasteiger partial charge in [0.15, 0.2) is 0 Å². The normalized spacial score (nSPS) is 18.0. The van der Waals surface area contributed by atoms with E-state index >= 15 is 0 Å². The standard InChI is InChI=1S/2C51H44N2O6.C5H5NO2/c1-30-8-25-43-44(26-30)49(2,3)29-51(43,6)33-9-15-34(16-10-33)53-47(56)40-24-22-38(28-42(40)48(53)57)59-36-19-13-32(14-20-36)50(4,5)31-11-17-35(18-12-31)58-37-21-23-39-41(27-37)46(55)52(7)45(39)54;1-30-8-25-43-44(26-30)51(6,29-49(43,2)3)33-9-15-34(16-10-33)53-47(56)40-24-22-38(28-42(40)48(53)57)59-36-19-13-32(14-20-36)50(4,5)31-11-17-35(18-12-31)58-37-21-23-39-41(27-37)46(55)52(7)45(39)54;1-6-4(7)2-3-5(6)8/h2*8-28H,29H2,1-7H3;2-3H,1H3. The highest BCUT2D eigenvalue weighted by atomic mass is 16.5. The van der Waals surface area contributed by atoms with E-state index in [1.165, 1.54) is 76.5 Å². The van der Waals surface area contributed by atoms with Crippen LogP contribution in [0.1, 0.15) is 232 Å². The van der Waals surface area contributed by atoms with Gasteiger partial charge in [0.05, 0.1) is 55.9 Å². The summed E-state index contributed by atoms with van der Waals surface area (Å²) < 4.78 is 24.5. The average Bonchev–Trinajstić information content (AvgIpc) is 1.57. The van der Waals surface area contributed by atoms with Gasteiger partial charge in [0.2, 0.25) is 0 Å². The van der Waals surface area contributed by atoms with Crippen LogP contribution in [0, 0.1) is 13.8 Å². The van der Waals surface area contributed by atoms with E-state index in [4.69, 9.17) is 18.9 Å². The maximum absolute atomic E-state index is 13.8. The summed E-state index contributed by atoms with van der Waals surface area (Å²) in [6.45, 7) is 26.6. The summed E-state index contributed by atoms with van der Waals surface area (Å²) >= 11 is 0. The molecule has 2 unspecified atom stereocenters. The Balaban J connectivity index is 0.000000163. The van der Waals surface area contributed by atoms with E-state index in [-0.39, 0.29) is 91.6 Å². The van der Waals surface area contributed by atoms with Crippen molar-refractivity contribution in [1.82, 2.24) is 14.7 Å². The number of carbonyl (C=O) groups excluding carboxylic acids is 10. The lowest BCUT2D eigenvalue weighted by Gasteiger charge is -2.29. The molecule has 0 spiro atoms. The van der Waals surface area contributed by atoms with Crippen molar-refractivity contribution in [2.75, 3.05) is 30.9 Å². The number of benzene rings is 12. The van der Waals surface area contributed by atoms with Crippen LogP contribution in [0.25, 0.3) is 0 Å². The molecule has 0 saturated carbocycles. The molecule has 12 aromatic carbocycles. The zero-order valence-corrected chi connectivity index (χ0v) is 72.8. The number of likely N-dealkylation sites (N-methyl/N-ethyl adjacent to an activating group) is 1. The molecule has 0 aromatic heterocycles. The Kier molecular flexibility index (Phi) is 20.5. The Bertz CT molecular complexity index is 6640. The fourth-order valence-corrected chi connectivity index (χ4v) is 19.0. The van der Waals surface area contributed by atoms with Gasteiger partial charge in [0.1, 0.15) is 46.0 Å². The summed E-state index contributed by atoms with van der Waals surface area (Å²) in [5, 5.41) is 0. The lowest BCUT2D eigenvalue weighted by Crippen LogP contribution is -2.29. The number of hydrogen-bond donors (Lipinski definition) is 0. The predicted molar refractivity (Wildman–Crippen MR) is 482 cm³/mol. The Hall–Kier alpha value is -14.7. The summed E-state index contributed by atoms with van der Waals surface area (Å²) in [7, 11) is 4.39. The molecular formula is C107H93N5O14. The van der Waals surface area contributed by atoms with Gasteiger partial charge >= 0.3 is 0 Å². The number of fused-ring (bicyclic) bond motifs is 6. The second kappa shape index (κ2) is 31.0. The van der Waals surface area contributed by atoms with Crippen molar-refractivity contribution in [3.63, 3.8) is 0 Å². The summed E-state index contributed by atoms with van der Waals surface area (Å²) in [6.07, 6.45) is 4.43. The molecule has 2 aliphatic carbocycles. The van der Waals surface area contributed by atoms with Gasteiger partial charge in [0, 0.05) is 55.0 Å². The SMILES string of the molecule is CN1C(=O)C=CC1=O.Cc1ccc2c(c1)C(C)(C)CC2(C)c1ccc(N2C(=O)c3ccc(Oc4ccc(C(C)(C)c5ccc(Oc6ccc7c(c6)C(=O)N(C)C7=O)cc5)cc4)cc3C2=O)cc1.Cc1ccc2c(c1)C(C)(c1ccc(N3C(=O)c4ccc(Oc5ccc(C(C)(C)c6ccc(Oc7ccc8c(c7)C(=O)N(C)C8=O)cc6)cc5)cc4C3=O)cc1)CC2(C)C. The first-order chi connectivity index (χ1) is 59.8. The summed E-state index contributed by atoms with van der Waals surface area (Å²) in [6, 6.07) is 80.3. The third kappa shape index (κ3) is 14.6. The maximum Gasteiger partial charge on any atom is 0.266 e. The van der Waals surface area contributed by atoms with Gasteiger partial charge < -0.3 is 18.9 Å². The van der Waals surface area contributed by atoms with E-state index in [1.54, 1.807) is 72.8 Å². The number of hydrogen-bond acceptors (Lipinski definition) is 14. The quantitative estimate of drug-likeness (QED) is 0.0821. The number of anilines is 2. The summed E-state index contributed by atoms with van der Waals surface area (Å²) in [5.41, 5.74) is 17.2. The largest absolute Gasteiger partial charge is 0.457 e. The van der Waals surface area contributed by atoms with E-state index in [2.05, 4.69) is 144 Å². The smallest absolute Gasteiger partial charge is 0.266 e. The van der Waals surface area contributed by atoms with E-state index in [9.17, 15) is 47.9 Å². The van der Waals surface area contributed by atoms with Crippen molar-refractivity contribution < 1.29 is 66.9 Å². The number of ether oxygens (including phenoxy) is 4. The highest BCUT2D eigenvalue weighted by Crippen LogP contribution is 2.55. The van der Waals surface area contributed by atoms with Crippen LogP contribution in [-0.4, -0.2) is 94.9 Å². The second-order valence-electron chi connectivity index (χ2n) is 36.4. The molecule has 7 aliphatic rings.